The van der Waals surface area contributed by atoms with Gasteiger partial charge in [-0.2, -0.15) is 0 Å². The molecule has 0 heterocycles. The maximum atomic E-state index is 12.1. The molecule has 0 aromatic rings. The van der Waals surface area contributed by atoms with Gasteiger partial charge in [-0.25, -0.2) is 0 Å². The zero-order valence-electron chi connectivity index (χ0n) is 26.8. The molecule has 4 nitrogen and oxygen atoms in total. The van der Waals surface area contributed by atoms with E-state index >= 15 is 0 Å². The van der Waals surface area contributed by atoms with Crippen LogP contribution in [-0.4, -0.2) is 37.0 Å². The van der Waals surface area contributed by atoms with Crippen molar-refractivity contribution in [2.45, 2.75) is 148 Å². The van der Waals surface area contributed by atoms with Crippen LogP contribution in [0.4, 0.5) is 0 Å². The Balaban J connectivity index is 3.52. The largest absolute Gasteiger partial charge is 0.457 e. The molecule has 41 heavy (non-hydrogen) atoms. The Labute approximate surface area is 254 Å². The van der Waals surface area contributed by atoms with Gasteiger partial charge in [0.05, 0.1) is 13.2 Å². The Morgan fingerprint density at radius 1 is 0.610 bits per heavy atom. The Bertz CT molecular complexity index is 689. The lowest BCUT2D eigenvalue weighted by molar-refractivity contribution is -0.154. The summed E-state index contributed by atoms with van der Waals surface area (Å²) in [5.74, 6) is -0.224. The third-order valence-electron chi connectivity index (χ3n) is 6.81. The van der Waals surface area contributed by atoms with Crippen LogP contribution in [0.2, 0.25) is 0 Å². The van der Waals surface area contributed by atoms with Gasteiger partial charge in [0.25, 0.3) is 0 Å². The molecule has 236 valence electrons. The molecular formula is C37H64O4. The quantitative estimate of drug-likeness (QED) is 0.0528. The average Bonchev–Trinajstić information content (AvgIpc) is 2.98. The van der Waals surface area contributed by atoms with Crippen molar-refractivity contribution in [1.29, 1.82) is 0 Å². The third-order valence-corrected chi connectivity index (χ3v) is 6.81. The fourth-order valence-corrected chi connectivity index (χ4v) is 4.32. The molecule has 0 fully saturated rings. The summed E-state index contributed by atoms with van der Waals surface area (Å²) < 4.78 is 11.1. The van der Waals surface area contributed by atoms with Crippen molar-refractivity contribution in [2.75, 3.05) is 19.8 Å². The topological polar surface area (TPSA) is 55.8 Å². The molecule has 0 aliphatic carbocycles. The van der Waals surface area contributed by atoms with Crippen LogP contribution >= 0.6 is 0 Å². The number of aliphatic hydroxyl groups is 1. The monoisotopic (exact) mass is 572 g/mol. The molecule has 0 aromatic heterocycles. The van der Waals surface area contributed by atoms with Gasteiger partial charge in [-0.05, 0) is 70.6 Å². The molecule has 0 bridgehead atoms. The first-order chi connectivity index (χ1) is 20.2. The molecule has 0 spiro atoms. The summed E-state index contributed by atoms with van der Waals surface area (Å²) in [7, 11) is 0. The lowest BCUT2D eigenvalue weighted by Crippen LogP contribution is -2.27. The lowest BCUT2D eigenvalue weighted by atomic mass is 10.1. The number of allylic oxidation sites excluding steroid dienone is 10. The number of rotatable bonds is 30. The number of aliphatic hydroxyl groups excluding tert-OH is 1. The van der Waals surface area contributed by atoms with E-state index in [2.05, 4.69) is 74.6 Å². The Morgan fingerprint density at radius 3 is 1.66 bits per heavy atom. The second kappa shape index (κ2) is 34.3. The van der Waals surface area contributed by atoms with Crippen LogP contribution in [0.25, 0.3) is 0 Å². The summed E-state index contributed by atoms with van der Waals surface area (Å²) in [6, 6.07) is 0. The van der Waals surface area contributed by atoms with E-state index in [9.17, 15) is 9.90 Å². The van der Waals surface area contributed by atoms with Crippen LogP contribution < -0.4 is 0 Å². The van der Waals surface area contributed by atoms with E-state index in [1.54, 1.807) is 0 Å². The highest BCUT2D eigenvalue weighted by molar-refractivity contribution is 5.69. The van der Waals surface area contributed by atoms with Crippen LogP contribution in [-0.2, 0) is 14.3 Å². The average molecular weight is 573 g/mol. The highest BCUT2D eigenvalue weighted by Crippen LogP contribution is 2.10. The molecule has 1 unspecified atom stereocenters. The predicted octanol–water partition coefficient (Wildman–Crippen LogP) is 10.5. The van der Waals surface area contributed by atoms with Crippen LogP contribution in [0, 0.1) is 0 Å². The molecule has 1 N–H and O–H groups in total. The van der Waals surface area contributed by atoms with Gasteiger partial charge in [0.2, 0.25) is 0 Å². The van der Waals surface area contributed by atoms with E-state index in [0.717, 1.165) is 64.2 Å². The minimum absolute atomic E-state index is 0.186. The standard InChI is InChI=1S/C37H64O4/c1-3-5-7-9-11-13-15-17-18-19-21-23-25-27-29-31-33-40-35-36(34-38)41-37(39)32-30-28-26-24-22-20-16-14-12-10-8-6-4-2/h5,7-8,10-11,13-14,16-18,36,38H,3-4,6,9,12,15,19-35H2,1-2H3/b7-5-,10-8-,13-11-,16-14-,18-17-. The van der Waals surface area contributed by atoms with Crippen molar-refractivity contribution in [3.63, 3.8) is 0 Å². The maximum absolute atomic E-state index is 12.1. The molecule has 0 saturated heterocycles. The summed E-state index contributed by atoms with van der Waals surface area (Å²) in [5, 5.41) is 9.53. The van der Waals surface area contributed by atoms with Crippen LogP contribution in [0.5, 0.6) is 0 Å². The SMILES string of the molecule is CC/C=C\C/C=C\C/C=C\CCCCCCCCOCC(CO)OC(=O)CCCCCCC/C=C\C/C=C\CCC. The van der Waals surface area contributed by atoms with E-state index in [0.29, 0.717) is 13.0 Å². The summed E-state index contributed by atoms with van der Waals surface area (Å²) in [5.41, 5.74) is 0. The molecular weight excluding hydrogens is 508 g/mol. The van der Waals surface area contributed by atoms with Gasteiger partial charge in [0.15, 0.2) is 0 Å². The number of carbonyl (C=O) groups excluding carboxylic acids is 1. The molecule has 0 radical (unpaired) electrons. The fraction of sp³-hybridized carbons (Fsp3) is 0.703. The van der Waals surface area contributed by atoms with Crippen molar-refractivity contribution in [3.8, 4) is 0 Å². The molecule has 0 saturated carbocycles. The van der Waals surface area contributed by atoms with Gasteiger partial charge in [-0.1, -0.05) is 126 Å². The maximum Gasteiger partial charge on any atom is 0.306 e. The van der Waals surface area contributed by atoms with E-state index in [4.69, 9.17) is 9.47 Å². The normalized spacial score (nSPS) is 13.1. The Morgan fingerprint density at radius 2 is 1.10 bits per heavy atom. The molecule has 0 aliphatic heterocycles. The molecule has 4 heteroatoms. The smallest absolute Gasteiger partial charge is 0.306 e. The van der Waals surface area contributed by atoms with Crippen molar-refractivity contribution in [2.24, 2.45) is 0 Å². The second-order valence-corrected chi connectivity index (χ2v) is 10.8. The Hall–Kier alpha value is -1.91. The second-order valence-electron chi connectivity index (χ2n) is 10.8. The number of ether oxygens (including phenoxy) is 2. The van der Waals surface area contributed by atoms with Crippen molar-refractivity contribution >= 4 is 5.97 Å². The van der Waals surface area contributed by atoms with Crippen LogP contribution in [0.15, 0.2) is 60.8 Å². The van der Waals surface area contributed by atoms with E-state index < -0.39 is 6.10 Å². The van der Waals surface area contributed by atoms with Crippen LogP contribution in [0.1, 0.15) is 142 Å². The lowest BCUT2D eigenvalue weighted by Gasteiger charge is -2.15. The molecule has 0 aromatic carbocycles. The highest BCUT2D eigenvalue weighted by atomic mass is 16.6. The minimum atomic E-state index is -0.549. The molecule has 0 amide bonds. The number of hydrogen-bond donors (Lipinski definition) is 1. The fourth-order valence-electron chi connectivity index (χ4n) is 4.32. The third kappa shape index (κ3) is 32.5. The van der Waals surface area contributed by atoms with Crippen LogP contribution in [0.3, 0.4) is 0 Å². The zero-order valence-corrected chi connectivity index (χ0v) is 26.8. The van der Waals surface area contributed by atoms with Gasteiger partial charge in [0, 0.05) is 13.0 Å². The van der Waals surface area contributed by atoms with Gasteiger partial charge in [-0.3, -0.25) is 4.79 Å². The summed E-state index contributed by atoms with van der Waals surface area (Å²) in [6.07, 6.45) is 43.9. The van der Waals surface area contributed by atoms with Gasteiger partial charge in [0.1, 0.15) is 6.10 Å². The zero-order chi connectivity index (χ0) is 29.9. The van der Waals surface area contributed by atoms with Gasteiger partial charge >= 0.3 is 5.97 Å². The first-order valence-corrected chi connectivity index (χ1v) is 16.9. The highest BCUT2D eigenvalue weighted by Gasteiger charge is 2.13. The van der Waals surface area contributed by atoms with E-state index in [1.807, 2.05) is 0 Å². The van der Waals surface area contributed by atoms with E-state index in [1.165, 1.54) is 57.8 Å². The first kappa shape index (κ1) is 39.1. The van der Waals surface area contributed by atoms with Gasteiger partial charge in [-0.15, -0.1) is 0 Å². The Kier molecular flexibility index (Phi) is 32.7. The number of unbranched alkanes of at least 4 members (excludes halogenated alkanes) is 12. The summed E-state index contributed by atoms with van der Waals surface area (Å²) in [6.45, 7) is 5.11. The summed E-state index contributed by atoms with van der Waals surface area (Å²) >= 11 is 0. The molecule has 0 aliphatic rings. The number of esters is 1. The first-order valence-electron chi connectivity index (χ1n) is 16.9. The minimum Gasteiger partial charge on any atom is -0.457 e. The van der Waals surface area contributed by atoms with Crippen molar-refractivity contribution < 1.29 is 19.4 Å². The van der Waals surface area contributed by atoms with Gasteiger partial charge < -0.3 is 14.6 Å². The molecule has 1 atom stereocenters. The van der Waals surface area contributed by atoms with E-state index in [-0.39, 0.29) is 19.2 Å². The van der Waals surface area contributed by atoms with Crippen molar-refractivity contribution in [1.82, 2.24) is 0 Å². The predicted molar refractivity (Wildman–Crippen MR) is 177 cm³/mol. The van der Waals surface area contributed by atoms with Crippen molar-refractivity contribution in [3.05, 3.63) is 60.8 Å². The number of carbonyl (C=O) groups is 1. The molecule has 0 rings (SSSR count). The summed E-state index contributed by atoms with van der Waals surface area (Å²) in [4.78, 5) is 12.1. The number of hydrogen-bond acceptors (Lipinski definition) is 4.